The molecule has 6 unspecified atom stereocenters. The topological polar surface area (TPSA) is 132 Å². The van der Waals surface area contributed by atoms with E-state index in [0.717, 1.165) is 0 Å². The number of primary amides is 1. The SMILES string of the molecule is NC(=O)C1C(=O)C2C(=O)C3C(=O)C4=C(C=CCCC4=O)CC3CC2CC1O. The van der Waals surface area contributed by atoms with Crippen molar-refractivity contribution in [2.45, 2.75) is 38.2 Å². The predicted octanol–water partition coefficient (Wildman–Crippen LogP) is 0.0477. The summed E-state index contributed by atoms with van der Waals surface area (Å²) < 4.78 is 0. The van der Waals surface area contributed by atoms with Crippen LogP contribution >= 0.6 is 0 Å². The van der Waals surface area contributed by atoms with Crippen molar-refractivity contribution in [3.05, 3.63) is 23.3 Å². The highest BCUT2D eigenvalue weighted by Crippen LogP contribution is 2.48. The number of fused-ring (bicyclic) bond motifs is 2. The van der Waals surface area contributed by atoms with Crippen molar-refractivity contribution in [2.24, 2.45) is 35.3 Å². The van der Waals surface area contributed by atoms with Gasteiger partial charge >= 0.3 is 0 Å². The Morgan fingerprint density at radius 1 is 1.04 bits per heavy atom. The molecule has 4 rings (SSSR count). The molecule has 4 aliphatic carbocycles. The lowest BCUT2D eigenvalue weighted by atomic mass is 9.55. The Balaban J connectivity index is 1.72. The maximum Gasteiger partial charge on any atom is 0.230 e. The van der Waals surface area contributed by atoms with Gasteiger partial charge < -0.3 is 10.8 Å². The molecule has 2 saturated carbocycles. The van der Waals surface area contributed by atoms with Crippen LogP contribution < -0.4 is 5.73 Å². The summed E-state index contributed by atoms with van der Waals surface area (Å²) >= 11 is 0. The second kappa shape index (κ2) is 6.34. The van der Waals surface area contributed by atoms with Crippen molar-refractivity contribution >= 4 is 29.0 Å². The molecule has 3 N–H and O–H groups in total. The Kier molecular flexibility index (Phi) is 4.22. The summed E-state index contributed by atoms with van der Waals surface area (Å²) in [5.41, 5.74) is 6.02. The van der Waals surface area contributed by atoms with Crippen molar-refractivity contribution < 1.29 is 29.1 Å². The normalized spacial score (nSPS) is 38.9. The fraction of sp³-hybridized carbons (Fsp3) is 0.550. The zero-order valence-electron chi connectivity index (χ0n) is 14.7. The number of Topliss-reactive ketones (excluding diaryl/α,β-unsaturated/α-hetero) is 4. The molecule has 0 spiro atoms. The van der Waals surface area contributed by atoms with Gasteiger partial charge in [0.2, 0.25) is 5.91 Å². The molecule has 0 saturated heterocycles. The molecule has 0 aromatic rings. The summed E-state index contributed by atoms with van der Waals surface area (Å²) in [5.74, 6) is -7.13. The molecule has 0 bridgehead atoms. The number of amides is 1. The minimum Gasteiger partial charge on any atom is -0.392 e. The molecule has 0 aromatic carbocycles. The van der Waals surface area contributed by atoms with E-state index in [4.69, 9.17) is 5.73 Å². The Morgan fingerprint density at radius 3 is 2.48 bits per heavy atom. The molecule has 1 amide bonds. The van der Waals surface area contributed by atoms with E-state index >= 15 is 0 Å². The van der Waals surface area contributed by atoms with Crippen molar-refractivity contribution in [1.29, 1.82) is 0 Å². The van der Waals surface area contributed by atoms with Gasteiger partial charge in [0.25, 0.3) is 0 Å². The van der Waals surface area contributed by atoms with Crippen LogP contribution in [-0.4, -0.2) is 40.3 Å². The third-order valence-corrected chi connectivity index (χ3v) is 6.48. The molecule has 6 atom stereocenters. The molecule has 0 aliphatic heterocycles. The van der Waals surface area contributed by atoms with Gasteiger partial charge in [-0.15, -0.1) is 0 Å². The molecular weight excluding hydrogens is 350 g/mol. The number of ketones is 4. The van der Waals surface area contributed by atoms with Gasteiger partial charge in [0, 0.05) is 6.42 Å². The summed E-state index contributed by atoms with van der Waals surface area (Å²) in [4.78, 5) is 62.9. The fourth-order valence-electron chi connectivity index (χ4n) is 5.36. The number of carbonyl (C=O) groups is 5. The lowest BCUT2D eigenvalue weighted by Crippen LogP contribution is -2.57. The van der Waals surface area contributed by atoms with Gasteiger partial charge in [0.15, 0.2) is 23.1 Å². The van der Waals surface area contributed by atoms with Crippen molar-refractivity contribution in [1.82, 2.24) is 0 Å². The first-order valence-electron chi connectivity index (χ1n) is 9.33. The Morgan fingerprint density at radius 2 is 1.78 bits per heavy atom. The summed E-state index contributed by atoms with van der Waals surface area (Å²) in [6, 6.07) is 0. The quantitative estimate of drug-likeness (QED) is 0.494. The standard InChI is InChI=1S/C20H21NO6/c21-20(27)16-12(23)7-10-6-9-5-8-3-1-2-4-11(22)13(8)17(24)14(9)18(25)15(10)19(16)26/h1,3,9-10,12,14-16,23H,2,4-7H2,(H2,21,27). The third kappa shape index (κ3) is 2.64. The number of rotatable bonds is 1. The first-order chi connectivity index (χ1) is 12.8. The van der Waals surface area contributed by atoms with E-state index in [1.54, 1.807) is 6.08 Å². The maximum atomic E-state index is 13.1. The molecule has 7 nitrogen and oxygen atoms in total. The molecule has 0 radical (unpaired) electrons. The van der Waals surface area contributed by atoms with Gasteiger partial charge in [0.1, 0.15) is 5.92 Å². The van der Waals surface area contributed by atoms with Crippen LogP contribution in [0.4, 0.5) is 0 Å². The summed E-state index contributed by atoms with van der Waals surface area (Å²) in [6.07, 6.45) is 4.25. The zero-order valence-corrected chi connectivity index (χ0v) is 14.7. The summed E-state index contributed by atoms with van der Waals surface area (Å²) in [6.45, 7) is 0. The zero-order chi connectivity index (χ0) is 19.5. The maximum absolute atomic E-state index is 13.1. The van der Waals surface area contributed by atoms with E-state index in [-0.39, 0.29) is 30.1 Å². The van der Waals surface area contributed by atoms with E-state index in [9.17, 15) is 29.1 Å². The highest BCUT2D eigenvalue weighted by atomic mass is 16.3. The van der Waals surface area contributed by atoms with Crippen LogP contribution in [0.3, 0.4) is 0 Å². The fourth-order valence-corrected chi connectivity index (χ4v) is 5.36. The number of carbonyl (C=O) groups excluding carboxylic acids is 5. The van der Waals surface area contributed by atoms with Crippen LogP contribution in [-0.2, 0) is 24.0 Å². The molecule has 2 fully saturated rings. The van der Waals surface area contributed by atoms with E-state index in [0.29, 0.717) is 24.8 Å². The molecule has 0 heterocycles. The number of allylic oxidation sites excluding steroid dienone is 4. The minimum absolute atomic E-state index is 0.103. The van der Waals surface area contributed by atoms with Crippen molar-refractivity contribution in [2.75, 3.05) is 0 Å². The van der Waals surface area contributed by atoms with Gasteiger partial charge in [-0.3, -0.25) is 24.0 Å². The Labute approximate surface area is 155 Å². The lowest BCUT2D eigenvalue weighted by Gasteiger charge is -2.45. The summed E-state index contributed by atoms with van der Waals surface area (Å²) in [5, 5.41) is 10.2. The van der Waals surface area contributed by atoms with Gasteiger partial charge in [0.05, 0.1) is 23.5 Å². The number of aliphatic hydroxyl groups excluding tert-OH is 1. The second-order valence-electron chi connectivity index (χ2n) is 8.03. The van der Waals surface area contributed by atoms with Gasteiger partial charge in [-0.2, -0.15) is 0 Å². The number of hydrogen-bond donors (Lipinski definition) is 2. The molecule has 27 heavy (non-hydrogen) atoms. The molecule has 142 valence electrons. The van der Waals surface area contributed by atoms with Crippen molar-refractivity contribution in [3.8, 4) is 0 Å². The molecule has 7 heteroatoms. The van der Waals surface area contributed by atoms with Gasteiger partial charge in [-0.1, -0.05) is 12.2 Å². The second-order valence-corrected chi connectivity index (χ2v) is 8.03. The monoisotopic (exact) mass is 371 g/mol. The predicted molar refractivity (Wildman–Crippen MR) is 91.9 cm³/mol. The van der Waals surface area contributed by atoms with Crippen LogP contribution in [0.5, 0.6) is 0 Å². The first kappa shape index (κ1) is 18.0. The van der Waals surface area contributed by atoms with Crippen LogP contribution in [0.15, 0.2) is 23.3 Å². The smallest absolute Gasteiger partial charge is 0.230 e. The van der Waals surface area contributed by atoms with Crippen LogP contribution in [0.1, 0.15) is 32.1 Å². The van der Waals surface area contributed by atoms with E-state index in [1.165, 1.54) is 0 Å². The molecule has 4 aliphatic rings. The van der Waals surface area contributed by atoms with E-state index in [2.05, 4.69) is 0 Å². The first-order valence-corrected chi connectivity index (χ1v) is 9.33. The lowest BCUT2D eigenvalue weighted by molar-refractivity contribution is -0.156. The molecule has 0 aromatic heterocycles. The Hall–Kier alpha value is -2.41. The minimum atomic E-state index is -1.41. The van der Waals surface area contributed by atoms with E-state index < -0.39 is 53.0 Å². The largest absolute Gasteiger partial charge is 0.392 e. The van der Waals surface area contributed by atoms with Crippen molar-refractivity contribution in [3.63, 3.8) is 0 Å². The van der Waals surface area contributed by atoms with Crippen LogP contribution in [0.2, 0.25) is 0 Å². The Bertz CT molecular complexity index is 837. The number of aliphatic hydroxyl groups is 1. The highest BCUT2D eigenvalue weighted by molar-refractivity contribution is 6.29. The van der Waals surface area contributed by atoms with Gasteiger partial charge in [-0.05, 0) is 43.1 Å². The van der Waals surface area contributed by atoms with Crippen LogP contribution in [0.25, 0.3) is 0 Å². The average molecular weight is 371 g/mol. The average Bonchev–Trinajstić information content (AvgIpc) is 2.75. The summed E-state index contributed by atoms with van der Waals surface area (Å²) in [7, 11) is 0. The molecular formula is C20H21NO6. The third-order valence-electron chi connectivity index (χ3n) is 6.48. The van der Waals surface area contributed by atoms with E-state index in [1.807, 2.05) is 6.08 Å². The van der Waals surface area contributed by atoms with Gasteiger partial charge in [-0.25, -0.2) is 0 Å². The van der Waals surface area contributed by atoms with Crippen LogP contribution in [0, 0.1) is 29.6 Å². The number of hydrogen-bond acceptors (Lipinski definition) is 6. The highest BCUT2D eigenvalue weighted by Gasteiger charge is 2.57. The number of nitrogens with two attached hydrogens (primary N) is 1.